The lowest BCUT2D eigenvalue weighted by Crippen LogP contribution is -2.45. The van der Waals surface area contributed by atoms with E-state index >= 15 is 0 Å². The second-order valence-electron chi connectivity index (χ2n) is 6.32. The normalized spacial score (nSPS) is 29.5. The molecule has 0 unspecified atom stereocenters. The van der Waals surface area contributed by atoms with Crippen LogP contribution in [-0.2, 0) is 0 Å². The van der Waals surface area contributed by atoms with Crippen molar-refractivity contribution in [2.75, 3.05) is 36.0 Å². The van der Waals surface area contributed by atoms with Crippen LogP contribution in [0.4, 0.5) is 17.6 Å². The van der Waals surface area contributed by atoms with Crippen LogP contribution in [0.15, 0.2) is 0 Å². The van der Waals surface area contributed by atoms with Crippen molar-refractivity contribution in [2.24, 2.45) is 5.92 Å². The molecule has 0 bridgehead atoms. The number of fused-ring (bicyclic) bond motifs is 1. The third kappa shape index (κ3) is 1.98. The molecule has 5 N–H and O–H groups in total. The van der Waals surface area contributed by atoms with E-state index in [0.717, 1.165) is 36.9 Å². The molecule has 1 aromatic rings. The molecule has 0 amide bonds. The van der Waals surface area contributed by atoms with Gasteiger partial charge in [0.05, 0.1) is 0 Å². The van der Waals surface area contributed by atoms with Gasteiger partial charge in [-0.05, 0) is 44.1 Å². The molecule has 3 heterocycles. The van der Waals surface area contributed by atoms with Crippen molar-refractivity contribution in [3.63, 3.8) is 0 Å². The Balaban J connectivity index is 1.67. The Kier molecular flexibility index (Phi) is 2.73. The number of anilines is 3. The molecule has 108 valence electrons. The molecule has 6 nitrogen and oxygen atoms in total. The van der Waals surface area contributed by atoms with Crippen molar-refractivity contribution in [2.45, 2.75) is 37.6 Å². The Hall–Kier alpha value is -1.56. The molecule has 1 aromatic heterocycles. The van der Waals surface area contributed by atoms with Crippen molar-refractivity contribution in [1.29, 1.82) is 0 Å². The molecule has 20 heavy (non-hydrogen) atoms. The van der Waals surface area contributed by atoms with Crippen LogP contribution in [0.3, 0.4) is 0 Å². The van der Waals surface area contributed by atoms with Gasteiger partial charge in [0.1, 0.15) is 11.6 Å². The predicted molar refractivity (Wildman–Crippen MR) is 79.6 cm³/mol. The van der Waals surface area contributed by atoms with Gasteiger partial charge in [-0.3, -0.25) is 0 Å². The van der Waals surface area contributed by atoms with Crippen LogP contribution >= 0.6 is 0 Å². The molecule has 6 heteroatoms. The fourth-order valence-electron chi connectivity index (χ4n) is 3.74. The number of aromatic nitrogens is 2. The summed E-state index contributed by atoms with van der Waals surface area (Å²) < 4.78 is 0. The lowest BCUT2D eigenvalue weighted by Gasteiger charge is -2.36. The summed E-state index contributed by atoms with van der Waals surface area (Å²) in [7, 11) is 0. The van der Waals surface area contributed by atoms with E-state index in [1.807, 2.05) is 0 Å². The average Bonchev–Trinajstić information content (AvgIpc) is 3.14. The quantitative estimate of drug-likeness (QED) is 0.735. The van der Waals surface area contributed by atoms with E-state index in [1.54, 1.807) is 0 Å². The highest BCUT2D eigenvalue weighted by molar-refractivity contribution is 5.62. The average molecular weight is 274 g/mol. The second-order valence-corrected chi connectivity index (χ2v) is 6.32. The second kappa shape index (κ2) is 4.48. The summed E-state index contributed by atoms with van der Waals surface area (Å²) in [6.45, 7) is 3.24. The summed E-state index contributed by atoms with van der Waals surface area (Å²) >= 11 is 0. The van der Waals surface area contributed by atoms with Crippen LogP contribution in [-0.4, -0.2) is 35.6 Å². The van der Waals surface area contributed by atoms with Gasteiger partial charge >= 0.3 is 0 Å². The molecule has 1 aliphatic carbocycles. The Morgan fingerprint density at radius 1 is 1.10 bits per heavy atom. The molecule has 0 aromatic carbocycles. The van der Waals surface area contributed by atoms with Crippen LogP contribution in [0.5, 0.6) is 0 Å². The lowest BCUT2D eigenvalue weighted by atomic mass is 9.93. The number of nitrogens with one attached hydrogen (secondary N) is 1. The zero-order valence-electron chi connectivity index (χ0n) is 11.7. The zero-order valence-corrected chi connectivity index (χ0v) is 11.7. The SMILES string of the molecule is Nc1nc(N)c(C2CC2)c(N2CC[C@@H]3NCC[C@@H]3C2)n1. The first-order chi connectivity index (χ1) is 9.72. The Morgan fingerprint density at radius 2 is 1.95 bits per heavy atom. The molecule has 0 spiro atoms. The maximum Gasteiger partial charge on any atom is 0.223 e. The van der Waals surface area contributed by atoms with Crippen molar-refractivity contribution in [3.8, 4) is 0 Å². The molecule has 2 saturated heterocycles. The highest BCUT2D eigenvalue weighted by Gasteiger charge is 2.37. The Morgan fingerprint density at radius 3 is 2.75 bits per heavy atom. The molecule has 2 aliphatic heterocycles. The van der Waals surface area contributed by atoms with Crippen LogP contribution in [0.2, 0.25) is 0 Å². The maximum atomic E-state index is 6.11. The molecular formula is C14H22N6. The molecule has 3 aliphatic rings. The number of nitrogen functional groups attached to an aromatic ring is 2. The van der Waals surface area contributed by atoms with Crippen LogP contribution in [0.25, 0.3) is 0 Å². The van der Waals surface area contributed by atoms with Crippen LogP contribution in [0, 0.1) is 5.92 Å². The van der Waals surface area contributed by atoms with E-state index in [-0.39, 0.29) is 0 Å². The highest BCUT2D eigenvalue weighted by Crippen LogP contribution is 2.46. The molecular weight excluding hydrogens is 252 g/mol. The van der Waals surface area contributed by atoms with Crippen molar-refractivity contribution >= 4 is 17.6 Å². The first-order valence-corrected chi connectivity index (χ1v) is 7.63. The minimum atomic E-state index is 0.300. The minimum absolute atomic E-state index is 0.300. The summed E-state index contributed by atoms with van der Waals surface area (Å²) in [5, 5.41) is 3.59. The van der Waals surface area contributed by atoms with E-state index in [2.05, 4.69) is 20.2 Å². The monoisotopic (exact) mass is 274 g/mol. The van der Waals surface area contributed by atoms with Crippen LogP contribution in [0.1, 0.15) is 37.2 Å². The fourth-order valence-corrected chi connectivity index (χ4v) is 3.74. The maximum absolute atomic E-state index is 6.11. The summed E-state index contributed by atoms with van der Waals surface area (Å²) in [6, 6.07) is 0.687. The Labute approximate surface area is 118 Å². The number of nitrogens with two attached hydrogens (primary N) is 2. The predicted octanol–water partition coefficient (Wildman–Crippen LogP) is 0.707. The molecule has 0 radical (unpaired) electrons. The van der Waals surface area contributed by atoms with Crippen molar-refractivity contribution in [3.05, 3.63) is 5.56 Å². The minimum Gasteiger partial charge on any atom is -0.383 e. The topological polar surface area (TPSA) is 93.1 Å². The molecule has 1 saturated carbocycles. The van der Waals surface area contributed by atoms with E-state index in [1.165, 1.54) is 25.7 Å². The first-order valence-electron chi connectivity index (χ1n) is 7.63. The zero-order chi connectivity index (χ0) is 13.7. The summed E-state index contributed by atoms with van der Waals surface area (Å²) in [6.07, 6.45) is 4.84. The largest absolute Gasteiger partial charge is 0.383 e. The highest BCUT2D eigenvalue weighted by atomic mass is 15.2. The van der Waals surface area contributed by atoms with Gasteiger partial charge in [-0.1, -0.05) is 0 Å². The molecule has 4 rings (SSSR count). The first kappa shape index (κ1) is 12.2. The van der Waals surface area contributed by atoms with Crippen molar-refractivity contribution < 1.29 is 0 Å². The molecule has 2 atom stereocenters. The third-order valence-electron chi connectivity index (χ3n) is 4.91. The van der Waals surface area contributed by atoms with Crippen LogP contribution < -0.4 is 21.7 Å². The van der Waals surface area contributed by atoms with Gasteiger partial charge in [0.15, 0.2) is 0 Å². The standard InChI is InChI=1S/C14H22N6/c15-12-11(8-1-2-8)13(19-14(16)18-12)20-6-4-10-9(7-20)3-5-17-10/h8-10,17H,1-7H2,(H4,15,16,18,19)/t9-,10+/m1/s1. The van der Waals surface area contributed by atoms with E-state index in [0.29, 0.717) is 23.7 Å². The number of rotatable bonds is 2. The summed E-state index contributed by atoms with van der Waals surface area (Å²) in [4.78, 5) is 11.1. The number of hydrogen-bond acceptors (Lipinski definition) is 6. The van der Waals surface area contributed by atoms with Gasteiger partial charge in [-0.2, -0.15) is 9.97 Å². The van der Waals surface area contributed by atoms with Gasteiger partial charge in [-0.25, -0.2) is 0 Å². The van der Waals surface area contributed by atoms with Crippen molar-refractivity contribution in [1.82, 2.24) is 15.3 Å². The smallest absolute Gasteiger partial charge is 0.223 e. The summed E-state index contributed by atoms with van der Waals surface area (Å²) in [5.41, 5.74) is 13.1. The van der Waals surface area contributed by atoms with E-state index < -0.39 is 0 Å². The van der Waals surface area contributed by atoms with Gasteiger partial charge in [0.25, 0.3) is 0 Å². The van der Waals surface area contributed by atoms with Gasteiger partial charge in [0, 0.05) is 24.7 Å². The number of nitrogens with zero attached hydrogens (tertiary/aromatic N) is 3. The number of piperidine rings is 1. The fraction of sp³-hybridized carbons (Fsp3) is 0.714. The van der Waals surface area contributed by atoms with Gasteiger partial charge in [0.2, 0.25) is 5.95 Å². The third-order valence-corrected chi connectivity index (χ3v) is 4.91. The number of hydrogen-bond donors (Lipinski definition) is 3. The van der Waals surface area contributed by atoms with E-state index in [4.69, 9.17) is 11.5 Å². The molecule has 3 fully saturated rings. The Bertz CT molecular complexity index is 527. The van der Waals surface area contributed by atoms with E-state index in [9.17, 15) is 0 Å². The summed E-state index contributed by atoms with van der Waals surface area (Å²) in [5.74, 6) is 3.16. The lowest BCUT2D eigenvalue weighted by molar-refractivity contribution is 0.374. The van der Waals surface area contributed by atoms with Gasteiger partial charge < -0.3 is 21.7 Å². The van der Waals surface area contributed by atoms with Gasteiger partial charge in [-0.15, -0.1) is 0 Å².